The van der Waals surface area contributed by atoms with Crippen LogP contribution in [0.3, 0.4) is 0 Å². The summed E-state index contributed by atoms with van der Waals surface area (Å²) in [4.78, 5) is 26.0. The molecule has 1 amide bonds. The van der Waals surface area contributed by atoms with E-state index in [0.29, 0.717) is 11.3 Å². The number of aromatic hydroxyl groups is 1. The maximum atomic E-state index is 13.6. The average molecular weight is 422 g/mol. The van der Waals surface area contributed by atoms with E-state index < -0.39 is 28.7 Å². The second-order valence-corrected chi connectivity index (χ2v) is 6.82. The van der Waals surface area contributed by atoms with Gasteiger partial charge in [0.1, 0.15) is 11.4 Å². The molecule has 4 aromatic rings. The van der Waals surface area contributed by atoms with E-state index in [1.54, 1.807) is 28.7 Å². The summed E-state index contributed by atoms with van der Waals surface area (Å²) in [5, 5.41) is 15.9. The summed E-state index contributed by atoms with van der Waals surface area (Å²) < 4.78 is 30.1. The third kappa shape index (κ3) is 4.06. The van der Waals surface area contributed by atoms with Crippen molar-refractivity contribution in [2.75, 3.05) is 5.32 Å². The maximum absolute atomic E-state index is 13.6. The van der Waals surface area contributed by atoms with Crippen LogP contribution in [-0.2, 0) is 7.05 Å². The number of nitrogens with zero attached hydrogens (tertiary/aromatic N) is 3. The lowest BCUT2D eigenvalue weighted by molar-refractivity contribution is 0.102. The zero-order chi connectivity index (χ0) is 22.1. The number of aromatic nitrogens is 3. The van der Waals surface area contributed by atoms with Crippen LogP contribution in [0.15, 0.2) is 72.0 Å². The van der Waals surface area contributed by atoms with E-state index >= 15 is 0 Å². The van der Waals surface area contributed by atoms with Crippen molar-refractivity contribution in [2.45, 2.75) is 0 Å². The standard InChI is InChI=1S/C22H16F2N4O3/c1-27-10-16(9-25-27)28-11-17(13-2-4-14(23)5-3-13)21(30)18(12-28)22(31)26-15-6-7-20(29)19(24)8-15/h2-12,29H,1H3,(H,26,31). The van der Waals surface area contributed by atoms with E-state index in [9.17, 15) is 23.5 Å². The van der Waals surface area contributed by atoms with E-state index in [0.717, 1.165) is 12.1 Å². The Balaban J connectivity index is 1.82. The molecule has 2 heterocycles. The minimum atomic E-state index is -0.911. The Morgan fingerprint density at radius 1 is 1.06 bits per heavy atom. The number of hydrogen-bond acceptors (Lipinski definition) is 4. The van der Waals surface area contributed by atoms with Gasteiger partial charge in [0, 0.05) is 43.0 Å². The molecule has 2 aromatic heterocycles. The Morgan fingerprint density at radius 3 is 2.45 bits per heavy atom. The van der Waals surface area contributed by atoms with Gasteiger partial charge in [-0.25, -0.2) is 8.78 Å². The van der Waals surface area contributed by atoms with Crippen molar-refractivity contribution in [3.63, 3.8) is 0 Å². The summed E-state index contributed by atoms with van der Waals surface area (Å²) in [6.45, 7) is 0. The molecule has 2 N–H and O–H groups in total. The number of amides is 1. The summed E-state index contributed by atoms with van der Waals surface area (Å²) in [5.74, 6) is -2.70. The lowest BCUT2D eigenvalue weighted by Crippen LogP contribution is -2.24. The van der Waals surface area contributed by atoms with Crippen LogP contribution in [-0.4, -0.2) is 25.4 Å². The van der Waals surface area contributed by atoms with E-state index in [1.807, 2.05) is 0 Å². The third-order valence-electron chi connectivity index (χ3n) is 4.62. The molecule has 0 saturated carbocycles. The molecule has 0 atom stereocenters. The highest BCUT2D eigenvalue weighted by Gasteiger charge is 2.18. The first-order valence-electron chi connectivity index (χ1n) is 9.13. The minimum Gasteiger partial charge on any atom is -0.505 e. The fraction of sp³-hybridized carbons (Fsp3) is 0.0455. The van der Waals surface area contributed by atoms with Gasteiger partial charge in [-0.2, -0.15) is 5.10 Å². The molecule has 0 unspecified atom stereocenters. The number of hydrogen-bond donors (Lipinski definition) is 2. The molecule has 0 bridgehead atoms. The monoisotopic (exact) mass is 422 g/mol. The first-order chi connectivity index (χ1) is 14.8. The first kappa shape index (κ1) is 20.0. The number of pyridine rings is 1. The van der Waals surface area contributed by atoms with Crippen molar-refractivity contribution in [3.05, 3.63) is 94.7 Å². The second kappa shape index (κ2) is 7.86. The molecule has 2 aromatic carbocycles. The van der Waals surface area contributed by atoms with Gasteiger partial charge in [0.15, 0.2) is 11.6 Å². The number of anilines is 1. The molecular formula is C22H16F2N4O3. The Kier molecular flexibility index (Phi) is 5.08. The Bertz CT molecular complexity index is 1340. The highest BCUT2D eigenvalue weighted by Crippen LogP contribution is 2.21. The second-order valence-electron chi connectivity index (χ2n) is 6.82. The number of carbonyl (C=O) groups is 1. The largest absolute Gasteiger partial charge is 0.505 e. The van der Waals surface area contributed by atoms with Gasteiger partial charge >= 0.3 is 0 Å². The highest BCUT2D eigenvalue weighted by molar-refractivity contribution is 6.04. The number of rotatable bonds is 4. The molecule has 156 valence electrons. The van der Waals surface area contributed by atoms with Crippen LogP contribution in [0.25, 0.3) is 16.8 Å². The van der Waals surface area contributed by atoms with Crippen molar-refractivity contribution < 1.29 is 18.7 Å². The summed E-state index contributed by atoms with van der Waals surface area (Å²) in [6.07, 6.45) is 6.12. The number of halogens is 2. The van der Waals surface area contributed by atoms with E-state index in [4.69, 9.17) is 0 Å². The fourth-order valence-electron chi connectivity index (χ4n) is 3.05. The van der Waals surface area contributed by atoms with Crippen molar-refractivity contribution in [1.29, 1.82) is 0 Å². The summed E-state index contributed by atoms with van der Waals surface area (Å²) >= 11 is 0. The molecule has 0 radical (unpaired) electrons. The van der Waals surface area contributed by atoms with Gasteiger partial charge < -0.3 is 15.0 Å². The Hall–Kier alpha value is -4.27. The summed E-state index contributed by atoms with van der Waals surface area (Å²) in [6, 6.07) is 8.65. The van der Waals surface area contributed by atoms with Gasteiger partial charge in [-0.15, -0.1) is 0 Å². The van der Waals surface area contributed by atoms with Crippen molar-refractivity contribution in [1.82, 2.24) is 14.3 Å². The van der Waals surface area contributed by atoms with Crippen LogP contribution >= 0.6 is 0 Å². The number of aryl methyl sites for hydroxylation is 1. The van der Waals surface area contributed by atoms with Crippen LogP contribution < -0.4 is 10.7 Å². The van der Waals surface area contributed by atoms with Crippen LogP contribution in [0.4, 0.5) is 14.5 Å². The topological polar surface area (TPSA) is 89.1 Å². The quantitative estimate of drug-likeness (QED) is 0.493. The van der Waals surface area contributed by atoms with Gasteiger partial charge in [-0.1, -0.05) is 12.1 Å². The molecule has 0 fully saturated rings. The molecule has 0 spiro atoms. The Labute approximate surface area is 174 Å². The molecule has 31 heavy (non-hydrogen) atoms. The number of phenolic OH excluding ortho intramolecular Hbond substituents is 1. The first-order valence-corrected chi connectivity index (χ1v) is 9.13. The van der Waals surface area contributed by atoms with Crippen LogP contribution in [0.2, 0.25) is 0 Å². The van der Waals surface area contributed by atoms with Gasteiger partial charge in [0.25, 0.3) is 5.91 Å². The molecular weight excluding hydrogens is 406 g/mol. The Morgan fingerprint density at radius 2 is 1.81 bits per heavy atom. The van der Waals surface area contributed by atoms with Crippen LogP contribution in [0.1, 0.15) is 10.4 Å². The zero-order valence-corrected chi connectivity index (χ0v) is 16.2. The number of phenols is 1. The van der Waals surface area contributed by atoms with Crippen molar-refractivity contribution in [2.24, 2.45) is 7.05 Å². The fourth-order valence-corrected chi connectivity index (χ4v) is 3.05. The maximum Gasteiger partial charge on any atom is 0.261 e. The van der Waals surface area contributed by atoms with Crippen LogP contribution in [0.5, 0.6) is 5.75 Å². The number of carbonyl (C=O) groups excluding carboxylic acids is 1. The number of nitrogens with one attached hydrogen (secondary N) is 1. The predicted octanol–water partition coefficient (Wildman–Crippen LogP) is 3.47. The van der Waals surface area contributed by atoms with Gasteiger partial charge in [0.2, 0.25) is 5.43 Å². The normalized spacial score (nSPS) is 10.8. The predicted molar refractivity (Wildman–Crippen MR) is 110 cm³/mol. The summed E-state index contributed by atoms with van der Waals surface area (Å²) in [7, 11) is 1.72. The number of benzene rings is 2. The molecule has 4 rings (SSSR count). The zero-order valence-electron chi connectivity index (χ0n) is 16.2. The summed E-state index contributed by atoms with van der Waals surface area (Å²) in [5.41, 5.74) is 0.473. The molecule has 0 aliphatic rings. The lowest BCUT2D eigenvalue weighted by Gasteiger charge is -2.12. The van der Waals surface area contributed by atoms with E-state index in [2.05, 4.69) is 10.4 Å². The molecule has 0 saturated heterocycles. The van der Waals surface area contributed by atoms with Gasteiger partial charge in [-0.05, 0) is 29.8 Å². The van der Waals surface area contributed by atoms with Crippen molar-refractivity contribution >= 4 is 11.6 Å². The average Bonchev–Trinajstić information content (AvgIpc) is 3.18. The van der Waals surface area contributed by atoms with Crippen LogP contribution in [0, 0.1) is 11.6 Å². The molecule has 0 aliphatic heterocycles. The van der Waals surface area contributed by atoms with E-state index in [-0.39, 0.29) is 16.8 Å². The molecule has 0 aliphatic carbocycles. The smallest absolute Gasteiger partial charge is 0.261 e. The van der Waals surface area contributed by atoms with Crippen molar-refractivity contribution in [3.8, 4) is 22.6 Å². The SMILES string of the molecule is Cn1cc(-n2cc(C(=O)Nc3ccc(O)c(F)c3)c(=O)c(-c3ccc(F)cc3)c2)cn1. The van der Waals surface area contributed by atoms with Gasteiger partial charge in [-0.3, -0.25) is 14.3 Å². The molecule has 7 nitrogen and oxygen atoms in total. The molecule has 9 heteroatoms. The minimum absolute atomic E-state index is 0.0693. The van der Waals surface area contributed by atoms with E-state index in [1.165, 1.54) is 42.7 Å². The lowest BCUT2D eigenvalue weighted by atomic mass is 10.0. The highest BCUT2D eigenvalue weighted by atomic mass is 19.1. The van der Waals surface area contributed by atoms with Gasteiger partial charge in [0.05, 0.1) is 11.9 Å². The third-order valence-corrected chi connectivity index (χ3v) is 4.62.